The molecule has 9 heteroatoms. The number of nitrogens with one attached hydrogen (secondary N) is 1. The first kappa shape index (κ1) is 22.3. The Bertz CT molecular complexity index is 1230. The number of amides is 1. The van der Waals surface area contributed by atoms with Crippen LogP contribution in [-0.4, -0.2) is 15.0 Å². The number of hydrogen-bond acceptors (Lipinski definition) is 3. The van der Waals surface area contributed by atoms with Crippen molar-refractivity contribution in [1.29, 1.82) is 0 Å². The Balaban J connectivity index is 2.01. The topological polar surface area (TPSA) is 73.1 Å². The molecule has 0 unspecified atom stereocenters. The first-order chi connectivity index (χ1) is 14.6. The molecule has 0 aliphatic carbocycles. The molecule has 6 nitrogen and oxygen atoms in total. The summed E-state index contributed by atoms with van der Waals surface area (Å²) in [6.45, 7) is 3.55. The summed E-state index contributed by atoms with van der Waals surface area (Å²) < 4.78 is 41.8. The van der Waals surface area contributed by atoms with E-state index in [1.807, 2.05) is 13.8 Å². The summed E-state index contributed by atoms with van der Waals surface area (Å²) in [5.74, 6) is -0.564. The number of benzene rings is 2. The van der Waals surface area contributed by atoms with Gasteiger partial charge in [-0.3, -0.25) is 18.7 Å². The van der Waals surface area contributed by atoms with Gasteiger partial charge in [0.25, 0.3) is 5.56 Å². The van der Waals surface area contributed by atoms with Gasteiger partial charge in [-0.1, -0.05) is 38.1 Å². The maximum atomic E-state index is 13.2. The quantitative estimate of drug-likeness (QED) is 0.642. The maximum Gasteiger partial charge on any atom is 0.418 e. The first-order valence-corrected chi connectivity index (χ1v) is 9.78. The molecule has 31 heavy (non-hydrogen) atoms. The van der Waals surface area contributed by atoms with Gasteiger partial charge >= 0.3 is 11.9 Å². The largest absolute Gasteiger partial charge is 0.418 e. The van der Waals surface area contributed by atoms with Crippen molar-refractivity contribution in [1.82, 2.24) is 9.13 Å². The Kier molecular flexibility index (Phi) is 6.33. The minimum absolute atomic E-state index is 0.179. The molecule has 0 saturated heterocycles. The average Bonchev–Trinajstić information content (AvgIpc) is 2.70. The van der Waals surface area contributed by atoms with E-state index in [1.54, 1.807) is 18.2 Å². The van der Waals surface area contributed by atoms with Gasteiger partial charge in [-0.2, -0.15) is 13.2 Å². The predicted octanol–water partition coefficient (Wildman–Crippen LogP) is 3.87. The minimum Gasteiger partial charge on any atom is -0.324 e. The Morgan fingerprint density at radius 2 is 1.65 bits per heavy atom. The summed E-state index contributed by atoms with van der Waals surface area (Å²) >= 11 is 0. The van der Waals surface area contributed by atoms with Crippen molar-refractivity contribution in [2.75, 3.05) is 5.32 Å². The van der Waals surface area contributed by atoms with E-state index >= 15 is 0 Å². The van der Waals surface area contributed by atoms with Gasteiger partial charge in [0.1, 0.15) is 6.54 Å². The van der Waals surface area contributed by atoms with Crippen LogP contribution in [0.3, 0.4) is 0 Å². The number of carbonyl (C=O) groups excluding carboxylic acids is 1. The molecule has 1 N–H and O–H groups in total. The number of fused-ring (bicyclic) bond motifs is 1. The normalized spacial score (nSPS) is 11.8. The molecule has 0 radical (unpaired) electrons. The number of halogens is 3. The molecule has 0 aliphatic rings. The van der Waals surface area contributed by atoms with Crippen LogP contribution in [0.5, 0.6) is 0 Å². The molecule has 0 fully saturated rings. The molecule has 3 rings (SSSR count). The molecule has 3 aromatic rings. The van der Waals surface area contributed by atoms with E-state index in [4.69, 9.17) is 0 Å². The molecule has 0 bridgehead atoms. The van der Waals surface area contributed by atoms with E-state index in [-0.39, 0.29) is 23.4 Å². The van der Waals surface area contributed by atoms with Gasteiger partial charge in [-0.05, 0) is 36.6 Å². The van der Waals surface area contributed by atoms with Gasteiger partial charge in [0.15, 0.2) is 0 Å². The first-order valence-electron chi connectivity index (χ1n) is 9.78. The zero-order valence-corrected chi connectivity index (χ0v) is 17.1. The fourth-order valence-corrected chi connectivity index (χ4v) is 3.28. The van der Waals surface area contributed by atoms with E-state index in [1.165, 1.54) is 18.2 Å². The number of nitrogens with zero attached hydrogens (tertiary/aromatic N) is 2. The summed E-state index contributed by atoms with van der Waals surface area (Å²) in [4.78, 5) is 38.4. The zero-order valence-electron chi connectivity index (χ0n) is 17.1. The molecule has 0 aliphatic heterocycles. The monoisotopic (exact) mass is 433 g/mol. The van der Waals surface area contributed by atoms with E-state index in [9.17, 15) is 27.6 Å². The SMILES string of the molecule is CC(C)CCn1c(=O)c2ccccc2n(CC(=O)Nc2ccccc2C(F)(F)F)c1=O. The summed E-state index contributed by atoms with van der Waals surface area (Å²) in [5, 5.41) is 2.49. The number of hydrogen-bond donors (Lipinski definition) is 1. The lowest BCUT2D eigenvalue weighted by Crippen LogP contribution is -2.42. The van der Waals surface area contributed by atoms with Crippen molar-refractivity contribution in [2.45, 2.75) is 39.5 Å². The average molecular weight is 433 g/mol. The number of anilines is 1. The molecule has 1 heterocycles. The van der Waals surface area contributed by atoms with Crippen molar-refractivity contribution in [3.63, 3.8) is 0 Å². The van der Waals surface area contributed by atoms with Crippen molar-refractivity contribution in [3.8, 4) is 0 Å². The summed E-state index contributed by atoms with van der Waals surface area (Å²) in [7, 11) is 0. The van der Waals surface area contributed by atoms with Crippen molar-refractivity contribution in [2.24, 2.45) is 5.92 Å². The molecule has 0 spiro atoms. The second-order valence-corrected chi connectivity index (χ2v) is 7.62. The Morgan fingerprint density at radius 3 is 2.32 bits per heavy atom. The fourth-order valence-electron chi connectivity index (χ4n) is 3.28. The third kappa shape index (κ3) is 4.87. The van der Waals surface area contributed by atoms with Gasteiger partial charge in [-0.25, -0.2) is 4.79 Å². The standard InChI is InChI=1S/C22H22F3N3O3/c1-14(2)11-12-27-20(30)15-7-3-6-10-18(15)28(21(27)31)13-19(29)26-17-9-5-4-8-16(17)22(23,24)25/h3-10,14H,11-13H2,1-2H3,(H,26,29). The van der Waals surface area contributed by atoms with Gasteiger partial charge in [0.05, 0.1) is 22.2 Å². The van der Waals surface area contributed by atoms with E-state index in [0.717, 1.165) is 21.3 Å². The second-order valence-electron chi connectivity index (χ2n) is 7.62. The van der Waals surface area contributed by atoms with Crippen LogP contribution < -0.4 is 16.6 Å². The second kappa shape index (κ2) is 8.79. The zero-order chi connectivity index (χ0) is 22.8. The summed E-state index contributed by atoms with van der Waals surface area (Å²) in [5.41, 5.74) is -2.27. The predicted molar refractivity (Wildman–Crippen MR) is 112 cm³/mol. The van der Waals surface area contributed by atoms with Crippen LogP contribution in [0.4, 0.5) is 18.9 Å². The Hall–Kier alpha value is -3.36. The molecule has 164 valence electrons. The van der Waals surface area contributed by atoms with E-state index in [2.05, 4.69) is 5.32 Å². The highest BCUT2D eigenvalue weighted by Crippen LogP contribution is 2.34. The molecule has 1 amide bonds. The lowest BCUT2D eigenvalue weighted by molar-refractivity contribution is -0.137. The van der Waals surface area contributed by atoms with Gasteiger partial charge < -0.3 is 5.32 Å². The van der Waals surface area contributed by atoms with Crippen LogP contribution in [0.15, 0.2) is 58.1 Å². The molecular formula is C22H22F3N3O3. The van der Waals surface area contributed by atoms with Gasteiger partial charge in [0.2, 0.25) is 5.91 Å². The number of alkyl halides is 3. The number of aromatic nitrogens is 2. The third-order valence-electron chi connectivity index (χ3n) is 4.87. The van der Waals surface area contributed by atoms with Crippen LogP contribution in [0.25, 0.3) is 10.9 Å². The number of para-hydroxylation sites is 2. The van der Waals surface area contributed by atoms with Crippen molar-refractivity contribution in [3.05, 3.63) is 74.9 Å². The van der Waals surface area contributed by atoms with E-state index < -0.39 is 41.1 Å². The highest BCUT2D eigenvalue weighted by molar-refractivity contribution is 5.92. The highest BCUT2D eigenvalue weighted by Gasteiger charge is 2.33. The van der Waals surface area contributed by atoms with Crippen LogP contribution in [0.2, 0.25) is 0 Å². The van der Waals surface area contributed by atoms with Gasteiger partial charge in [-0.15, -0.1) is 0 Å². The van der Waals surface area contributed by atoms with E-state index in [0.29, 0.717) is 6.42 Å². The summed E-state index contributed by atoms with van der Waals surface area (Å²) in [6, 6.07) is 10.9. The molecule has 2 aromatic carbocycles. The molecule has 0 saturated carbocycles. The minimum atomic E-state index is -4.64. The Labute approximate surface area is 175 Å². The van der Waals surface area contributed by atoms with Crippen LogP contribution in [0.1, 0.15) is 25.8 Å². The lowest BCUT2D eigenvalue weighted by Gasteiger charge is -2.16. The maximum absolute atomic E-state index is 13.2. The number of rotatable bonds is 6. The molecule has 0 atom stereocenters. The van der Waals surface area contributed by atoms with Crippen LogP contribution >= 0.6 is 0 Å². The fraction of sp³-hybridized carbons (Fsp3) is 0.318. The van der Waals surface area contributed by atoms with Gasteiger partial charge in [0, 0.05) is 6.54 Å². The number of carbonyl (C=O) groups is 1. The highest BCUT2D eigenvalue weighted by atomic mass is 19.4. The summed E-state index contributed by atoms with van der Waals surface area (Å²) in [6.07, 6.45) is -4.06. The smallest absolute Gasteiger partial charge is 0.324 e. The molecule has 1 aromatic heterocycles. The van der Waals surface area contributed by atoms with Crippen LogP contribution in [-0.2, 0) is 24.1 Å². The Morgan fingerprint density at radius 1 is 1.00 bits per heavy atom. The lowest BCUT2D eigenvalue weighted by atomic mass is 10.1. The van der Waals surface area contributed by atoms with Crippen molar-refractivity contribution < 1.29 is 18.0 Å². The van der Waals surface area contributed by atoms with Crippen molar-refractivity contribution >= 4 is 22.5 Å². The molecular weight excluding hydrogens is 411 g/mol. The van der Waals surface area contributed by atoms with Crippen LogP contribution in [0, 0.1) is 5.92 Å². The third-order valence-corrected chi connectivity index (χ3v) is 4.87.